The van der Waals surface area contributed by atoms with Gasteiger partial charge in [-0.05, 0) is 38.1 Å². The SMILES string of the molecule is Cc1nn(-c2ccccc2)c(C)c1C(=O)C(=O)NNC(=O)c1ccccc1. The van der Waals surface area contributed by atoms with Gasteiger partial charge in [0.15, 0.2) is 0 Å². The Morgan fingerprint density at radius 2 is 1.44 bits per heavy atom. The van der Waals surface area contributed by atoms with Crippen LogP contribution in [0.25, 0.3) is 5.69 Å². The Hall–Kier alpha value is -3.74. The molecule has 2 N–H and O–H groups in total. The van der Waals surface area contributed by atoms with E-state index in [1.54, 1.807) is 48.9 Å². The molecule has 7 nitrogen and oxygen atoms in total. The maximum atomic E-state index is 12.6. The van der Waals surface area contributed by atoms with Gasteiger partial charge < -0.3 is 0 Å². The van der Waals surface area contributed by atoms with Gasteiger partial charge in [-0.15, -0.1) is 0 Å². The Morgan fingerprint density at radius 1 is 0.852 bits per heavy atom. The molecule has 0 bridgehead atoms. The summed E-state index contributed by atoms with van der Waals surface area (Å²) >= 11 is 0. The standard InChI is InChI=1S/C20H18N4O3/c1-13-17(14(2)24(23-13)16-11-7-4-8-12-16)18(25)20(27)22-21-19(26)15-9-5-3-6-10-15/h3-12H,1-2H3,(H,21,26)(H,22,27). The average Bonchev–Trinajstić information content (AvgIpc) is 3.00. The molecule has 1 aromatic heterocycles. The lowest BCUT2D eigenvalue weighted by atomic mass is 10.1. The van der Waals surface area contributed by atoms with Crippen LogP contribution in [0.1, 0.15) is 32.1 Å². The van der Waals surface area contributed by atoms with Crippen molar-refractivity contribution < 1.29 is 14.4 Å². The molecule has 2 amide bonds. The number of nitrogens with one attached hydrogen (secondary N) is 2. The molecule has 2 aromatic carbocycles. The van der Waals surface area contributed by atoms with Crippen LogP contribution in [0.15, 0.2) is 60.7 Å². The average molecular weight is 362 g/mol. The van der Waals surface area contributed by atoms with Crippen LogP contribution in [0.3, 0.4) is 0 Å². The Balaban J connectivity index is 1.75. The van der Waals surface area contributed by atoms with Crippen molar-refractivity contribution in [1.29, 1.82) is 0 Å². The van der Waals surface area contributed by atoms with Crippen molar-refractivity contribution in [1.82, 2.24) is 20.6 Å². The van der Waals surface area contributed by atoms with E-state index in [1.807, 2.05) is 30.3 Å². The number of amides is 2. The number of carbonyl (C=O) groups is 3. The predicted octanol–water partition coefficient (Wildman–Crippen LogP) is 2.13. The van der Waals surface area contributed by atoms with Crippen molar-refractivity contribution in [2.75, 3.05) is 0 Å². The lowest BCUT2D eigenvalue weighted by Gasteiger charge is -2.07. The van der Waals surface area contributed by atoms with Gasteiger partial charge in [0.05, 0.1) is 22.6 Å². The number of benzene rings is 2. The summed E-state index contributed by atoms with van der Waals surface area (Å²) in [5, 5.41) is 4.36. The number of aryl methyl sites for hydroxylation is 1. The molecular weight excluding hydrogens is 344 g/mol. The second-order valence-corrected chi connectivity index (χ2v) is 5.90. The van der Waals surface area contributed by atoms with Gasteiger partial charge in [0.1, 0.15) is 0 Å². The maximum absolute atomic E-state index is 12.6. The van der Waals surface area contributed by atoms with E-state index >= 15 is 0 Å². The topological polar surface area (TPSA) is 93.1 Å². The molecule has 0 aliphatic carbocycles. The molecule has 0 atom stereocenters. The maximum Gasteiger partial charge on any atom is 0.310 e. The molecule has 27 heavy (non-hydrogen) atoms. The number of hydrogen-bond donors (Lipinski definition) is 2. The zero-order valence-corrected chi connectivity index (χ0v) is 14.9. The van der Waals surface area contributed by atoms with Crippen LogP contribution >= 0.6 is 0 Å². The van der Waals surface area contributed by atoms with Gasteiger partial charge in [-0.2, -0.15) is 5.10 Å². The third-order valence-corrected chi connectivity index (χ3v) is 4.05. The van der Waals surface area contributed by atoms with E-state index in [1.165, 1.54) is 0 Å². The van der Waals surface area contributed by atoms with E-state index in [4.69, 9.17) is 0 Å². The highest BCUT2D eigenvalue weighted by molar-refractivity contribution is 6.43. The first-order chi connectivity index (χ1) is 13.0. The van der Waals surface area contributed by atoms with Gasteiger partial charge in [0.2, 0.25) is 0 Å². The number of aromatic nitrogens is 2. The number of rotatable bonds is 4. The summed E-state index contributed by atoms with van der Waals surface area (Å²) in [6.07, 6.45) is 0. The van der Waals surface area contributed by atoms with Gasteiger partial charge in [0, 0.05) is 5.56 Å². The van der Waals surface area contributed by atoms with E-state index < -0.39 is 17.6 Å². The van der Waals surface area contributed by atoms with Gasteiger partial charge in [-0.1, -0.05) is 36.4 Å². The number of nitrogens with zero attached hydrogens (tertiary/aromatic N) is 2. The van der Waals surface area contributed by atoms with Crippen molar-refractivity contribution in [2.45, 2.75) is 13.8 Å². The third kappa shape index (κ3) is 3.77. The molecule has 0 spiro atoms. The second-order valence-electron chi connectivity index (χ2n) is 5.90. The van der Waals surface area contributed by atoms with Crippen LogP contribution in [-0.4, -0.2) is 27.4 Å². The molecule has 136 valence electrons. The summed E-state index contributed by atoms with van der Waals surface area (Å²) in [5.74, 6) is -2.20. The van der Waals surface area contributed by atoms with Crippen LogP contribution in [0.2, 0.25) is 0 Å². The zero-order chi connectivity index (χ0) is 19.4. The fraction of sp³-hybridized carbons (Fsp3) is 0.100. The lowest BCUT2D eigenvalue weighted by Crippen LogP contribution is -2.45. The minimum Gasteiger partial charge on any atom is -0.283 e. The Bertz CT molecular complexity index is 995. The van der Waals surface area contributed by atoms with Gasteiger partial charge in [0.25, 0.3) is 11.7 Å². The molecule has 7 heteroatoms. The number of hydrazine groups is 1. The first-order valence-corrected chi connectivity index (χ1v) is 8.30. The Labute approximate surface area is 156 Å². The van der Waals surface area contributed by atoms with Crippen molar-refractivity contribution in [2.24, 2.45) is 0 Å². The minimum absolute atomic E-state index is 0.213. The monoisotopic (exact) mass is 362 g/mol. The highest BCUT2D eigenvalue weighted by Crippen LogP contribution is 2.18. The van der Waals surface area contributed by atoms with E-state index in [-0.39, 0.29) is 5.56 Å². The normalized spacial score (nSPS) is 10.3. The van der Waals surface area contributed by atoms with E-state index in [2.05, 4.69) is 16.0 Å². The predicted molar refractivity (Wildman–Crippen MR) is 99.4 cm³/mol. The molecule has 0 fully saturated rings. The van der Waals surface area contributed by atoms with Gasteiger partial charge in [-0.25, -0.2) is 4.68 Å². The van der Waals surface area contributed by atoms with Crippen molar-refractivity contribution >= 4 is 17.6 Å². The molecular formula is C20H18N4O3. The smallest absolute Gasteiger partial charge is 0.283 e. The highest BCUT2D eigenvalue weighted by Gasteiger charge is 2.25. The molecule has 1 heterocycles. The first-order valence-electron chi connectivity index (χ1n) is 8.30. The van der Waals surface area contributed by atoms with Crippen LogP contribution in [0.4, 0.5) is 0 Å². The van der Waals surface area contributed by atoms with Crippen LogP contribution < -0.4 is 10.9 Å². The quantitative estimate of drug-likeness (QED) is 0.422. The van der Waals surface area contributed by atoms with Crippen LogP contribution in [0.5, 0.6) is 0 Å². The minimum atomic E-state index is -0.932. The largest absolute Gasteiger partial charge is 0.310 e. The molecule has 0 aliphatic rings. The van der Waals surface area contributed by atoms with Crippen LogP contribution in [0, 0.1) is 13.8 Å². The Morgan fingerprint density at radius 3 is 2.07 bits per heavy atom. The number of ketones is 1. The van der Waals surface area contributed by atoms with Gasteiger partial charge in [-0.3, -0.25) is 25.2 Å². The number of para-hydroxylation sites is 1. The van der Waals surface area contributed by atoms with Crippen molar-refractivity contribution in [3.8, 4) is 5.69 Å². The fourth-order valence-corrected chi connectivity index (χ4v) is 2.74. The third-order valence-electron chi connectivity index (χ3n) is 4.05. The summed E-state index contributed by atoms with van der Waals surface area (Å²) < 4.78 is 1.61. The molecule has 0 aliphatic heterocycles. The van der Waals surface area contributed by atoms with Crippen LogP contribution in [-0.2, 0) is 4.79 Å². The summed E-state index contributed by atoms with van der Waals surface area (Å²) in [6, 6.07) is 17.7. The molecule has 0 unspecified atom stereocenters. The summed E-state index contributed by atoms with van der Waals surface area (Å²) in [4.78, 5) is 36.8. The van der Waals surface area contributed by atoms with Crippen molar-refractivity contribution in [3.63, 3.8) is 0 Å². The number of hydrogen-bond acceptors (Lipinski definition) is 4. The van der Waals surface area contributed by atoms with Crippen molar-refractivity contribution in [3.05, 3.63) is 83.2 Å². The van der Waals surface area contributed by atoms with E-state index in [0.29, 0.717) is 17.0 Å². The second kappa shape index (κ2) is 7.65. The first kappa shape index (κ1) is 18.1. The molecule has 0 saturated heterocycles. The molecule has 3 rings (SSSR count). The zero-order valence-electron chi connectivity index (χ0n) is 14.9. The van der Waals surface area contributed by atoms with Gasteiger partial charge >= 0.3 is 5.91 Å². The lowest BCUT2D eigenvalue weighted by molar-refractivity contribution is -0.117. The van der Waals surface area contributed by atoms with E-state index in [0.717, 1.165) is 5.69 Å². The molecule has 0 saturated carbocycles. The fourth-order valence-electron chi connectivity index (χ4n) is 2.74. The Kier molecular flexibility index (Phi) is 5.12. The summed E-state index contributed by atoms with van der Waals surface area (Å²) in [7, 11) is 0. The van der Waals surface area contributed by atoms with E-state index in [9.17, 15) is 14.4 Å². The number of Topliss-reactive ketones (excluding diaryl/α,β-unsaturated/α-hetero) is 1. The summed E-state index contributed by atoms with van der Waals surface area (Å²) in [6.45, 7) is 3.38. The molecule has 0 radical (unpaired) electrons. The highest BCUT2D eigenvalue weighted by atomic mass is 16.2. The number of carbonyl (C=O) groups excluding carboxylic acids is 3. The molecule has 3 aromatic rings. The summed E-state index contributed by atoms with van der Waals surface area (Å²) in [5.41, 5.74) is 6.75.